The first-order valence-electron chi connectivity index (χ1n) is 8.80. The molecule has 6 heteroatoms. The zero-order valence-corrected chi connectivity index (χ0v) is 15.9. The molecule has 0 aliphatic heterocycles. The van der Waals surface area contributed by atoms with E-state index in [4.69, 9.17) is 0 Å². The molecule has 0 aliphatic rings. The number of aromatic nitrogens is 1. The largest absolute Gasteiger partial charge is 0.507 e. The summed E-state index contributed by atoms with van der Waals surface area (Å²) >= 11 is 1.34. The van der Waals surface area contributed by atoms with E-state index in [2.05, 4.69) is 17.2 Å². The predicted octanol–water partition coefficient (Wildman–Crippen LogP) is 4.49. The Morgan fingerprint density at radius 2 is 1.89 bits per heavy atom. The van der Waals surface area contributed by atoms with Crippen LogP contribution in [0, 0.1) is 0 Å². The fourth-order valence-electron chi connectivity index (χ4n) is 3.68. The Balaban J connectivity index is 2.02. The number of benzene rings is 2. The SMILES string of the molecule is CC[C@H](NC)c1ccc(-c2c(O)cc(O)c3[nH]c(=O)c4sccc4c23)cc1. The van der Waals surface area contributed by atoms with Gasteiger partial charge in [-0.05, 0) is 36.0 Å². The second-order valence-electron chi connectivity index (χ2n) is 6.53. The average molecular weight is 380 g/mol. The number of phenols is 2. The first kappa shape index (κ1) is 17.6. The normalized spacial score (nSPS) is 12.7. The molecule has 2 aromatic carbocycles. The number of hydrogen-bond acceptors (Lipinski definition) is 5. The van der Waals surface area contributed by atoms with Crippen LogP contribution in [0.2, 0.25) is 0 Å². The molecule has 2 heterocycles. The lowest BCUT2D eigenvalue weighted by atomic mass is 9.94. The van der Waals surface area contributed by atoms with Crippen molar-refractivity contribution in [1.82, 2.24) is 10.3 Å². The summed E-state index contributed by atoms with van der Waals surface area (Å²) in [4.78, 5) is 15.1. The molecule has 2 aromatic heterocycles. The highest BCUT2D eigenvalue weighted by molar-refractivity contribution is 7.17. The summed E-state index contributed by atoms with van der Waals surface area (Å²) in [6.07, 6.45) is 0.972. The highest BCUT2D eigenvalue weighted by Crippen LogP contribution is 2.43. The minimum absolute atomic E-state index is 0.0204. The molecule has 0 fully saturated rings. The molecule has 4 N–H and O–H groups in total. The van der Waals surface area contributed by atoms with Crippen molar-refractivity contribution in [2.45, 2.75) is 19.4 Å². The van der Waals surface area contributed by atoms with Gasteiger partial charge in [0.2, 0.25) is 0 Å². The Morgan fingerprint density at radius 3 is 2.56 bits per heavy atom. The standard InChI is InChI=1S/C21H20N2O3S/c1-3-14(22-2)11-4-6-12(7-5-11)17-15(24)10-16(25)19-18(17)13-8-9-27-20(13)21(26)23-19/h4-10,14,22,24-25H,3H2,1-2H3,(H,23,26)/t14-/m0/s1. The van der Waals surface area contributed by atoms with Crippen molar-refractivity contribution in [3.8, 4) is 22.6 Å². The van der Waals surface area contributed by atoms with Crippen LogP contribution < -0.4 is 10.9 Å². The summed E-state index contributed by atoms with van der Waals surface area (Å²) in [5, 5.41) is 27.4. The molecule has 0 spiro atoms. The topological polar surface area (TPSA) is 85.3 Å². The first-order valence-corrected chi connectivity index (χ1v) is 9.68. The van der Waals surface area contributed by atoms with E-state index in [0.717, 1.165) is 17.4 Å². The molecule has 0 radical (unpaired) electrons. The summed E-state index contributed by atoms with van der Waals surface area (Å²) in [6.45, 7) is 2.12. The Kier molecular flexibility index (Phi) is 4.37. The average Bonchev–Trinajstić information content (AvgIpc) is 3.15. The molecule has 4 rings (SSSR count). The highest BCUT2D eigenvalue weighted by Gasteiger charge is 2.19. The zero-order chi connectivity index (χ0) is 19.1. The predicted molar refractivity (Wildman–Crippen MR) is 111 cm³/mol. The minimum Gasteiger partial charge on any atom is -0.507 e. The maximum atomic E-state index is 12.3. The van der Waals surface area contributed by atoms with Gasteiger partial charge in [-0.15, -0.1) is 11.3 Å². The van der Waals surface area contributed by atoms with Crippen LogP contribution in [-0.4, -0.2) is 22.2 Å². The quantitative estimate of drug-likeness (QED) is 0.420. The maximum Gasteiger partial charge on any atom is 0.266 e. The molecule has 0 saturated carbocycles. The van der Waals surface area contributed by atoms with Gasteiger partial charge in [-0.1, -0.05) is 31.2 Å². The molecule has 0 aliphatic carbocycles. The van der Waals surface area contributed by atoms with Crippen LogP contribution >= 0.6 is 11.3 Å². The van der Waals surface area contributed by atoms with Gasteiger partial charge in [-0.2, -0.15) is 0 Å². The number of rotatable bonds is 4. The minimum atomic E-state index is -0.241. The van der Waals surface area contributed by atoms with E-state index in [-0.39, 0.29) is 23.1 Å². The smallest absolute Gasteiger partial charge is 0.266 e. The number of phenolic OH excluding ortho intramolecular Hbond substituents is 2. The van der Waals surface area contributed by atoms with Crippen LogP contribution in [0.15, 0.2) is 46.6 Å². The number of pyridine rings is 1. The van der Waals surface area contributed by atoms with Crippen LogP contribution in [0.5, 0.6) is 11.5 Å². The lowest BCUT2D eigenvalue weighted by Gasteiger charge is -2.16. The van der Waals surface area contributed by atoms with Gasteiger partial charge in [0.1, 0.15) is 16.2 Å². The highest BCUT2D eigenvalue weighted by atomic mass is 32.1. The van der Waals surface area contributed by atoms with Gasteiger partial charge < -0.3 is 20.5 Å². The van der Waals surface area contributed by atoms with E-state index in [9.17, 15) is 15.0 Å². The fourth-order valence-corrected chi connectivity index (χ4v) is 4.48. The van der Waals surface area contributed by atoms with Gasteiger partial charge in [0.25, 0.3) is 5.56 Å². The first-order chi connectivity index (χ1) is 13.0. The van der Waals surface area contributed by atoms with Gasteiger partial charge in [0, 0.05) is 28.4 Å². The zero-order valence-electron chi connectivity index (χ0n) is 15.0. The summed E-state index contributed by atoms with van der Waals surface area (Å²) in [7, 11) is 1.94. The molecular weight excluding hydrogens is 360 g/mol. The van der Waals surface area contributed by atoms with Gasteiger partial charge in [0.05, 0.1) is 5.52 Å². The maximum absolute atomic E-state index is 12.3. The third-order valence-corrected chi connectivity index (χ3v) is 5.94. The van der Waals surface area contributed by atoms with Crippen molar-refractivity contribution < 1.29 is 10.2 Å². The van der Waals surface area contributed by atoms with Crippen LogP contribution in [0.25, 0.3) is 32.1 Å². The molecule has 0 saturated heterocycles. The number of fused-ring (bicyclic) bond motifs is 3. The second-order valence-corrected chi connectivity index (χ2v) is 7.44. The third-order valence-electron chi connectivity index (χ3n) is 5.02. The van der Waals surface area contributed by atoms with E-state index in [1.807, 2.05) is 42.8 Å². The molecule has 0 amide bonds. The molecule has 4 aromatic rings. The van der Waals surface area contributed by atoms with Crippen molar-refractivity contribution in [3.05, 3.63) is 57.7 Å². The number of nitrogens with one attached hydrogen (secondary N) is 2. The van der Waals surface area contributed by atoms with Crippen LogP contribution in [-0.2, 0) is 0 Å². The molecule has 27 heavy (non-hydrogen) atoms. The van der Waals surface area contributed by atoms with Crippen molar-refractivity contribution in [2.75, 3.05) is 7.05 Å². The molecular formula is C21H20N2O3S. The lowest BCUT2D eigenvalue weighted by Crippen LogP contribution is -2.14. The summed E-state index contributed by atoms with van der Waals surface area (Å²) in [5.41, 5.74) is 2.69. The Morgan fingerprint density at radius 1 is 1.15 bits per heavy atom. The van der Waals surface area contributed by atoms with Crippen LogP contribution in [0.3, 0.4) is 0 Å². The van der Waals surface area contributed by atoms with Crippen molar-refractivity contribution in [2.24, 2.45) is 0 Å². The summed E-state index contributed by atoms with van der Waals surface area (Å²) in [6, 6.07) is 11.4. The molecule has 138 valence electrons. The number of thiophene rings is 1. The van der Waals surface area contributed by atoms with Crippen LogP contribution in [0.4, 0.5) is 0 Å². The van der Waals surface area contributed by atoms with E-state index < -0.39 is 0 Å². The van der Waals surface area contributed by atoms with E-state index in [1.54, 1.807) is 0 Å². The van der Waals surface area contributed by atoms with Gasteiger partial charge in [-0.25, -0.2) is 0 Å². The molecule has 1 atom stereocenters. The molecule has 0 bridgehead atoms. The van der Waals surface area contributed by atoms with E-state index in [0.29, 0.717) is 21.2 Å². The van der Waals surface area contributed by atoms with Gasteiger partial charge in [0.15, 0.2) is 0 Å². The second kappa shape index (κ2) is 6.72. The fraction of sp³-hybridized carbons (Fsp3) is 0.190. The third kappa shape index (κ3) is 2.78. The van der Waals surface area contributed by atoms with E-state index in [1.165, 1.54) is 23.0 Å². The lowest BCUT2D eigenvalue weighted by molar-refractivity contribution is 0.455. The monoisotopic (exact) mass is 380 g/mol. The van der Waals surface area contributed by atoms with Gasteiger partial charge >= 0.3 is 0 Å². The number of hydrogen-bond donors (Lipinski definition) is 4. The van der Waals surface area contributed by atoms with Crippen LogP contribution in [0.1, 0.15) is 24.9 Å². The number of aromatic hydroxyl groups is 2. The molecule has 0 unspecified atom stereocenters. The summed E-state index contributed by atoms with van der Waals surface area (Å²) < 4.78 is 0.576. The molecule has 5 nitrogen and oxygen atoms in total. The Labute approximate surface area is 159 Å². The Bertz CT molecular complexity index is 1190. The van der Waals surface area contributed by atoms with E-state index >= 15 is 0 Å². The number of aromatic amines is 1. The Hall–Kier alpha value is -2.83. The van der Waals surface area contributed by atoms with Gasteiger partial charge in [-0.3, -0.25) is 4.79 Å². The summed E-state index contributed by atoms with van der Waals surface area (Å²) in [5.74, 6) is -0.165. The van der Waals surface area contributed by atoms with Crippen molar-refractivity contribution >= 4 is 32.3 Å². The van der Waals surface area contributed by atoms with Crippen molar-refractivity contribution in [3.63, 3.8) is 0 Å². The van der Waals surface area contributed by atoms with Crippen molar-refractivity contribution in [1.29, 1.82) is 0 Å². The number of H-pyrrole nitrogens is 1.